The molecule has 0 unspecified atom stereocenters. The van der Waals surface area contributed by atoms with Gasteiger partial charge in [-0.2, -0.15) is 0 Å². The van der Waals surface area contributed by atoms with Crippen molar-refractivity contribution >= 4 is 21.9 Å². The summed E-state index contributed by atoms with van der Waals surface area (Å²) >= 11 is 3.37. The van der Waals surface area contributed by atoms with Crippen molar-refractivity contribution in [2.75, 3.05) is 26.2 Å². The van der Waals surface area contributed by atoms with E-state index in [1.165, 1.54) is 0 Å². The second kappa shape index (κ2) is 7.31. The molecule has 2 rings (SSSR count). The van der Waals surface area contributed by atoms with Gasteiger partial charge in [-0.05, 0) is 24.6 Å². The molecule has 0 aromatic heterocycles. The maximum Gasteiger partial charge on any atom is 0.310 e. The molecule has 2 atom stereocenters. The van der Waals surface area contributed by atoms with Gasteiger partial charge in [0.1, 0.15) is 0 Å². The molecule has 1 aromatic rings. The van der Waals surface area contributed by atoms with Crippen molar-refractivity contribution in [2.24, 2.45) is 5.92 Å². The molecule has 1 saturated heterocycles. The van der Waals surface area contributed by atoms with Crippen LogP contribution in [0.3, 0.4) is 0 Å². The first-order valence-electron chi connectivity index (χ1n) is 6.93. The normalized spacial score (nSPS) is 22.7. The summed E-state index contributed by atoms with van der Waals surface area (Å²) in [7, 11) is 0. The molecule has 1 heterocycles. The maximum absolute atomic E-state index is 12.6. The lowest BCUT2D eigenvalue weighted by atomic mass is 9.89. The number of rotatable bonds is 5. The third-order valence-corrected chi connectivity index (χ3v) is 4.21. The first kappa shape index (κ1) is 16.4. The summed E-state index contributed by atoms with van der Waals surface area (Å²) in [6, 6.07) is 7.64. The summed E-state index contributed by atoms with van der Waals surface area (Å²) in [5, 5.41) is 0. The molecule has 0 radical (unpaired) electrons. The van der Waals surface area contributed by atoms with Crippen molar-refractivity contribution in [3.8, 4) is 0 Å². The van der Waals surface area contributed by atoms with E-state index in [1.807, 2.05) is 24.3 Å². The van der Waals surface area contributed by atoms with Gasteiger partial charge in [0.2, 0.25) is 0 Å². The molecule has 1 aliphatic heterocycles. The van der Waals surface area contributed by atoms with E-state index < -0.39 is 6.43 Å². The summed E-state index contributed by atoms with van der Waals surface area (Å²) in [5.74, 6) is -0.789. The third-order valence-electron chi connectivity index (χ3n) is 3.68. The molecule has 1 aliphatic rings. The molecule has 3 nitrogen and oxygen atoms in total. The largest absolute Gasteiger partial charge is 0.466 e. The fourth-order valence-electron chi connectivity index (χ4n) is 2.77. The Labute approximate surface area is 131 Å². The predicted octanol–water partition coefficient (Wildman–Crippen LogP) is 3.29. The van der Waals surface area contributed by atoms with Gasteiger partial charge in [0.05, 0.1) is 19.1 Å². The Bertz CT molecular complexity index is 481. The van der Waals surface area contributed by atoms with Gasteiger partial charge in [-0.15, -0.1) is 0 Å². The van der Waals surface area contributed by atoms with Crippen LogP contribution in [0.1, 0.15) is 18.4 Å². The smallest absolute Gasteiger partial charge is 0.310 e. The Morgan fingerprint density at radius 2 is 2.05 bits per heavy atom. The number of hydrogen-bond donors (Lipinski definition) is 0. The van der Waals surface area contributed by atoms with E-state index in [-0.39, 0.29) is 24.3 Å². The number of halogens is 3. The van der Waals surface area contributed by atoms with Gasteiger partial charge in [0.15, 0.2) is 0 Å². The van der Waals surface area contributed by atoms with Crippen molar-refractivity contribution < 1.29 is 18.3 Å². The zero-order chi connectivity index (χ0) is 15.4. The number of nitrogens with zero attached hydrogens (tertiary/aromatic N) is 1. The van der Waals surface area contributed by atoms with Gasteiger partial charge in [-0.3, -0.25) is 9.69 Å². The van der Waals surface area contributed by atoms with Crippen molar-refractivity contribution in [2.45, 2.75) is 19.3 Å². The average molecular weight is 362 g/mol. The molecular weight excluding hydrogens is 344 g/mol. The molecule has 0 saturated carbocycles. The lowest BCUT2D eigenvalue weighted by molar-refractivity contribution is -0.148. The highest BCUT2D eigenvalue weighted by Gasteiger charge is 2.39. The van der Waals surface area contributed by atoms with Crippen LogP contribution in [-0.4, -0.2) is 43.5 Å². The van der Waals surface area contributed by atoms with Gasteiger partial charge in [-0.1, -0.05) is 28.1 Å². The fourth-order valence-corrected chi connectivity index (χ4v) is 3.03. The molecule has 0 amide bonds. The van der Waals surface area contributed by atoms with Gasteiger partial charge >= 0.3 is 5.97 Å². The maximum atomic E-state index is 12.6. The molecule has 0 spiro atoms. The highest BCUT2D eigenvalue weighted by molar-refractivity contribution is 9.10. The van der Waals surface area contributed by atoms with E-state index in [1.54, 1.807) is 11.8 Å². The van der Waals surface area contributed by atoms with Gasteiger partial charge in [0.25, 0.3) is 6.43 Å². The molecular formula is C15H18BrF2NO2. The van der Waals surface area contributed by atoms with Crippen LogP contribution in [0.4, 0.5) is 8.78 Å². The Morgan fingerprint density at radius 1 is 1.38 bits per heavy atom. The first-order chi connectivity index (χ1) is 10.0. The topological polar surface area (TPSA) is 29.5 Å². The van der Waals surface area contributed by atoms with E-state index in [2.05, 4.69) is 15.9 Å². The summed E-state index contributed by atoms with van der Waals surface area (Å²) in [4.78, 5) is 13.7. The van der Waals surface area contributed by atoms with E-state index in [0.717, 1.165) is 10.0 Å². The van der Waals surface area contributed by atoms with Crippen LogP contribution >= 0.6 is 15.9 Å². The van der Waals surface area contributed by atoms with E-state index >= 15 is 0 Å². The third kappa shape index (κ3) is 4.23. The van der Waals surface area contributed by atoms with E-state index in [9.17, 15) is 13.6 Å². The number of hydrogen-bond acceptors (Lipinski definition) is 3. The van der Waals surface area contributed by atoms with Crippen LogP contribution in [0, 0.1) is 5.92 Å². The molecule has 1 fully saturated rings. The number of alkyl halides is 2. The lowest BCUT2D eigenvalue weighted by Gasteiger charge is -2.17. The number of carbonyl (C=O) groups is 1. The summed E-state index contributed by atoms with van der Waals surface area (Å²) < 4.78 is 31.2. The Balaban J connectivity index is 2.17. The summed E-state index contributed by atoms with van der Waals surface area (Å²) in [6.07, 6.45) is -2.39. The zero-order valence-corrected chi connectivity index (χ0v) is 13.4. The van der Waals surface area contributed by atoms with Crippen LogP contribution in [0.15, 0.2) is 28.7 Å². The summed E-state index contributed by atoms with van der Waals surface area (Å²) in [6.45, 7) is 2.53. The second-order valence-corrected chi connectivity index (χ2v) is 6.04. The molecule has 6 heteroatoms. The minimum Gasteiger partial charge on any atom is -0.466 e. The minimum atomic E-state index is -2.39. The van der Waals surface area contributed by atoms with Crippen LogP contribution < -0.4 is 0 Å². The molecule has 0 N–H and O–H groups in total. The van der Waals surface area contributed by atoms with Crippen LogP contribution in [0.5, 0.6) is 0 Å². The zero-order valence-electron chi connectivity index (χ0n) is 11.8. The first-order valence-corrected chi connectivity index (χ1v) is 7.73. The lowest BCUT2D eigenvalue weighted by Crippen LogP contribution is -2.28. The fraction of sp³-hybridized carbons (Fsp3) is 0.533. The monoisotopic (exact) mass is 361 g/mol. The van der Waals surface area contributed by atoms with Crippen molar-refractivity contribution in [1.29, 1.82) is 0 Å². The SMILES string of the molecule is CCOC(=O)[C@H]1CN(CC(F)F)C[C@@H]1c1ccc(Br)cc1. The van der Waals surface area contributed by atoms with E-state index in [0.29, 0.717) is 19.7 Å². The molecule has 0 aliphatic carbocycles. The number of ether oxygens (including phenoxy) is 1. The highest BCUT2D eigenvalue weighted by Crippen LogP contribution is 2.34. The van der Waals surface area contributed by atoms with Crippen molar-refractivity contribution in [3.05, 3.63) is 34.3 Å². The van der Waals surface area contributed by atoms with Gasteiger partial charge in [0, 0.05) is 23.5 Å². The van der Waals surface area contributed by atoms with Gasteiger partial charge < -0.3 is 4.74 Å². The number of carbonyl (C=O) groups excluding carboxylic acids is 1. The van der Waals surface area contributed by atoms with Crippen molar-refractivity contribution in [3.63, 3.8) is 0 Å². The minimum absolute atomic E-state index is 0.101. The highest BCUT2D eigenvalue weighted by atomic mass is 79.9. The molecule has 0 bridgehead atoms. The number of likely N-dealkylation sites (tertiary alicyclic amines) is 1. The van der Waals surface area contributed by atoms with E-state index in [4.69, 9.17) is 4.74 Å². The Morgan fingerprint density at radius 3 is 2.62 bits per heavy atom. The standard InChI is InChI=1S/C15H18BrF2NO2/c1-2-21-15(20)13-8-19(9-14(17)18)7-12(13)10-3-5-11(16)6-4-10/h3-6,12-14H,2,7-9H2,1H3/t12-,13+/m1/s1. The molecule has 1 aromatic carbocycles. The summed E-state index contributed by atoms with van der Waals surface area (Å²) in [5.41, 5.74) is 0.980. The quantitative estimate of drug-likeness (QED) is 0.753. The number of esters is 1. The molecule has 21 heavy (non-hydrogen) atoms. The predicted molar refractivity (Wildman–Crippen MR) is 79.5 cm³/mol. The number of benzene rings is 1. The van der Waals surface area contributed by atoms with Crippen molar-refractivity contribution in [1.82, 2.24) is 4.90 Å². The van der Waals surface area contributed by atoms with Crippen LogP contribution in [-0.2, 0) is 9.53 Å². The molecule has 116 valence electrons. The average Bonchev–Trinajstić information content (AvgIpc) is 2.83. The Kier molecular flexibility index (Phi) is 5.70. The van der Waals surface area contributed by atoms with Crippen LogP contribution in [0.2, 0.25) is 0 Å². The van der Waals surface area contributed by atoms with Crippen LogP contribution in [0.25, 0.3) is 0 Å². The Hall–Kier alpha value is -1.01. The van der Waals surface area contributed by atoms with Gasteiger partial charge in [-0.25, -0.2) is 8.78 Å². The second-order valence-electron chi connectivity index (χ2n) is 5.13.